The fourth-order valence-electron chi connectivity index (χ4n) is 2.47. The van der Waals surface area contributed by atoms with E-state index in [1.54, 1.807) is 18.4 Å². The van der Waals surface area contributed by atoms with E-state index < -0.39 is 0 Å². The lowest BCUT2D eigenvalue weighted by molar-refractivity contribution is -0.121. The Bertz CT molecular complexity index is 765. The molecule has 6 heteroatoms. The largest absolute Gasteiger partial charge is 0.496 e. The van der Waals surface area contributed by atoms with Gasteiger partial charge in [-0.05, 0) is 18.1 Å². The number of rotatable bonds is 7. The number of aromatic nitrogens is 2. The number of aryl methyl sites for hydroxylation is 1. The summed E-state index contributed by atoms with van der Waals surface area (Å²) in [7, 11) is 1.65. The summed E-state index contributed by atoms with van der Waals surface area (Å²) in [4.78, 5) is 17.4. The van der Waals surface area contributed by atoms with Crippen LogP contribution in [0.15, 0.2) is 42.0 Å². The first-order valence-corrected chi connectivity index (χ1v) is 8.44. The van der Waals surface area contributed by atoms with Crippen molar-refractivity contribution in [1.82, 2.24) is 14.7 Å². The number of carbonyl (C=O) groups is 1. The van der Waals surface area contributed by atoms with Crippen LogP contribution in [-0.2, 0) is 17.6 Å². The second-order valence-corrected chi connectivity index (χ2v) is 6.11. The van der Waals surface area contributed by atoms with Gasteiger partial charge in [0.1, 0.15) is 5.75 Å². The first-order valence-electron chi connectivity index (χ1n) is 7.56. The molecule has 3 aromatic rings. The van der Waals surface area contributed by atoms with Crippen LogP contribution in [0.1, 0.15) is 17.7 Å². The molecule has 23 heavy (non-hydrogen) atoms. The van der Waals surface area contributed by atoms with E-state index in [0.717, 1.165) is 28.4 Å². The van der Waals surface area contributed by atoms with Gasteiger partial charge in [0, 0.05) is 37.2 Å². The Morgan fingerprint density at radius 2 is 2.22 bits per heavy atom. The third kappa shape index (κ3) is 3.90. The number of methoxy groups -OCH3 is 1. The average Bonchev–Trinajstić information content (AvgIpc) is 3.14. The number of nitrogens with one attached hydrogen (secondary N) is 1. The summed E-state index contributed by atoms with van der Waals surface area (Å²) in [5.74, 6) is 0.885. The van der Waals surface area contributed by atoms with Crippen molar-refractivity contribution in [3.8, 4) is 5.75 Å². The van der Waals surface area contributed by atoms with Gasteiger partial charge in [-0.15, -0.1) is 11.3 Å². The molecule has 0 aliphatic heterocycles. The molecule has 0 aliphatic rings. The Labute approximate surface area is 138 Å². The minimum Gasteiger partial charge on any atom is -0.496 e. The number of para-hydroxylation sites is 1. The van der Waals surface area contributed by atoms with Crippen LogP contribution >= 0.6 is 11.3 Å². The molecule has 0 atom stereocenters. The Hall–Kier alpha value is -2.34. The predicted molar refractivity (Wildman–Crippen MR) is 91.1 cm³/mol. The van der Waals surface area contributed by atoms with Crippen LogP contribution in [0.2, 0.25) is 0 Å². The number of imidazole rings is 1. The first-order chi connectivity index (χ1) is 11.3. The van der Waals surface area contributed by atoms with Crippen LogP contribution in [0.25, 0.3) is 4.96 Å². The number of amides is 1. The maximum atomic E-state index is 12.0. The van der Waals surface area contributed by atoms with Gasteiger partial charge in [0.2, 0.25) is 5.91 Å². The Kier molecular flexibility index (Phi) is 4.92. The van der Waals surface area contributed by atoms with E-state index in [9.17, 15) is 4.79 Å². The first kappa shape index (κ1) is 15.6. The van der Waals surface area contributed by atoms with Crippen LogP contribution in [0.4, 0.5) is 0 Å². The number of thiazole rings is 1. The van der Waals surface area contributed by atoms with Crippen molar-refractivity contribution in [2.75, 3.05) is 13.7 Å². The standard InChI is InChI=1S/C17H19N3O2S/c1-22-15-5-3-2-4-13(15)6-7-16(21)18-9-8-14-12-20-10-11-23-17(20)19-14/h2-5,10-12H,6-9H2,1H3,(H,18,21). The Balaban J connectivity index is 1.43. The molecule has 0 saturated heterocycles. The van der Waals surface area contributed by atoms with Gasteiger partial charge in [0.05, 0.1) is 12.8 Å². The molecule has 2 aromatic heterocycles. The van der Waals surface area contributed by atoms with E-state index >= 15 is 0 Å². The number of ether oxygens (including phenoxy) is 1. The SMILES string of the molecule is COc1ccccc1CCC(=O)NCCc1cn2ccsc2n1. The molecule has 3 rings (SSSR count). The highest BCUT2D eigenvalue weighted by Crippen LogP contribution is 2.18. The highest BCUT2D eigenvalue weighted by molar-refractivity contribution is 7.15. The highest BCUT2D eigenvalue weighted by Gasteiger charge is 2.07. The van der Waals surface area contributed by atoms with Gasteiger partial charge in [-0.25, -0.2) is 4.98 Å². The molecule has 0 saturated carbocycles. The average molecular weight is 329 g/mol. The zero-order chi connectivity index (χ0) is 16.1. The summed E-state index contributed by atoms with van der Waals surface area (Å²) in [5, 5.41) is 4.96. The van der Waals surface area contributed by atoms with E-state index in [2.05, 4.69) is 10.3 Å². The van der Waals surface area contributed by atoms with Crippen molar-refractivity contribution < 1.29 is 9.53 Å². The molecule has 120 valence electrons. The normalized spacial score (nSPS) is 10.8. The van der Waals surface area contributed by atoms with Gasteiger partial charge in [0.25, 0.3) is 0 Å². The van der Waals surface area contributed by atoms with Gasteiger partial charge in [0.15, 0.2) is 4.96 Å². The lowest BCUT2D eigenvalue weighted by Gasteiger charge is -2.08. The Morgan fingerprint density at radius 1 is 1.35 bits per heavy atom. The van der Waals surface area contributed by atoms with Gasteiger partial charge in [-0.3, -0.25) is 9.20 Å². The molecular formula is C17H19N3O2S. The number of carbonyl (C=O) groups excluding carboxylic acids is 1. The minimum atomic E-state index is 0.0527. The second-order valence-electron chi connectivity index (χ2n) is 5.24. The zero-order valence-corrected chi connectivity index (χ0v) is 13.8. The van der Waals surface area contributed by atoms with E-state index in [0.29, 0.717) is 19.4 Å². The number of benzene rings is 1. The fourth-order valence-corrected chi connectivity index (χ4v) is 3.19. The number of hydrogen-bond donors (Lipinski definition) is 1. The number of hydrogen-bond acceptors (Lipinski definition) is 4. The van der Waals surface area contributed by atoms with Crippen LogP contribution < -0.4 is 10.1 Å². The van der Waals surface area contributed by atoms with Crippen molar-refractivity contribution >= 4 is 22.2 Å². The molecule has 5 nitrogen and oxygen atoms in total. The van der Waals surface area contributed by atoms with E-state index in [-0.39, 0.29) is 5.91 Å². The maximum absolute atomic E-state index is 12.0. The Morgan fingerprint density at radius 3 is 3.04 bits per heavy atom. The maximum Gasteiger partial charge on any atom is 0.220 e. The third-order valence-electron chi connectivity index (χ3n) is 3.66. The number of fused-ring (bicyclic) bond motifs is 1. The fraction of sp³-hybridized carbons (Fsp3) is 0.294. The van der Waals surface area contributed by atoms with E-state index in [4.69, 9.17) is 4.74 Å². The smallest absolute Gasteiger partial charge is 0.220 e. The minimum absolute atomic E-state index is 0.0527. The lowest BCUT2D eigenvalue weighted by Crippen LogP contribution is -2.26. The molecule has 0 aliphatic carbocycles. The van der Waals surface area contributed by atoms with Crippen LogP contribution in [0.5, 0.6) is 5.75 Å². The van der Waals surface area contributed by atoms with Crippen molar-refractivity contribution in [3.63, 3.8) is 0 Å². The molecule has 0 unspecified atom stereocenters. The predicted octanol–water partition coefficient (Wildman–Crippen LogP) is 2.70. The summed E-state index contributed by atoms with van der Waals surface area (Å²) < 4.78 is 7.30. The summed E-state index contributed by atoms with van der Waals surface area (Å²) in [5.41, 5.74) is 2.06. The summed E-state index contributed by atoms with van der Waals surface area (Å²) in [6, 6.07) is 7.79. The van der Waals surface area contributed by atoms with Gasteiger partial charge in [-0.1, -0.05) is 18.2 Å². The molecular weight excluding hydrogens is 310 g/mol. The quantitative estimate of drug-likeness (QED) is 0.725. The highest BCUT2D eigenvalue weighted by atomic mass is 32.1. The molecule has 1 aromatic carbocycles. The topological polar surface area (TPSA) is 55.6 Å². The van der Waals surface area contributed by atoms with Crippen molar-refractivity contribution in [3.05, 3.63) is 53.3 Å². The molecule has 0 bridgehead atoms. The summed E-state index contributed by atoms with van der Waals surface area (Å²) in [6.45, 7) is 0.607. The molecule has 2 heterocycles. The lowest BCUT2D eigenvalue weighted by atomic mass is 10.1. The van der Waals surface area contributed by atoms with Crippen LogP contribution in [-0.4, -0.2) is 28.9 Å². The van der Waals surface area contributed by atoms with Crippen molar-refractivity contribution in [1.29, 1.82) is 0 Å². The van der Waals surface area contributed by atoms with Gasteiger partial charge in [-0.2, -0.15) is 0 Å². The molecule has 0 fully saturated rings. The third-order valence-corrected chi connectivity index (χ3v) is 4.43. The van der Waals surface area contributed by atoms with Crippen LogP contribution in [0.3, 0.4) is 0 Å². The van der Waals surface area contributed by atoms with Crippen molar-refractivity contribution in [2.24, 2.45) is 0 Å². The van der Waals surface area contributed by atoms with E-state index in [1.807, 2.05) is 46.4 Å². The zero-order valence-electron chi connectivity index (χ0n) is 13.0. The second kappa shape index (κ2) is 7.28. The van der Waals surface area contributed by atoms with Gasteiger partial charge >= 0.3 is 0 Å². The number of nitrogens with zero attached hydrogens (tertiary/aromatic N) is 2. The van der Waals surface area contributed by atoms with Gasteiger partial charge < -0.3 is 10.1 Å². The monoisotopic (exact) mass is 329 g/mol. The van der Waals surface area contributed by atoms with Crippen molar-refractivity contribution in [2.45, 2.75) is 19.3 Å². The molecule has 1 amide bonds. The molecule has 0 spiro atoms. The molecule has 0 radical (unpaired) electrons. The molecule has 1 N–H and O–H groups in total. The summed E-state index contributed by atoms with van der Waals surface area (Å²) in [6.07, 6.45) is 5.87. The van der Waals surface area contributed by atoms with E-state index in [1.165, 1.54) is 0 Å². The summed E-state index contributed by atoms with van der Waals surface area (Å²) >= 11 is 1.61. The van der Waals surface area contributed by atoms with Crippen LogP contribution in [0, 0.1) is 0 Å².